The number of halogens is 3. The van der Waals surface area contributed by atoms with Gasteiger partial charge in [0.2, 0.25) is 0 Å². The van der Waals surface area contributed by atoms with Crippen molar-refractivity contribution in [1.29, 1.82) is 0 Å². The number of carbonyl (C=O) groups is 2. The molecule has 210 valence electrons. The summed E-state index contributed by atoms with van der Waals surface area (Å²) in [6, 6.07) is 14.4. The first-order valence-electron chi connectivity index (χ1n) is 13.6. The van der Waals surface area contributed by atoms with Gasteiger partial charge < -0.3 is 14.9 Å². The molecule has 0 radical (unpaired) electrons. The first-order chi connectivity index (χ1) is 19.7. The summed E-state index contributed by atoms with van der Waals surface area (Å²) in [7, 11) is 0. The molecule has 11 heteroatoms. The maximum Gasteiger partial charge on any atom is 0.307 e. The molecule has 8 nitrogen and oxygen atoms in total. The highest BCUT2D eigenvalue weighted by Crippen LogP contribution is 2.48. The quantitative estimate of drug-likeness (QED) is 0.364. The number of aromatic nitrogens is 3. The summed E-state index contributed by atoms with van der Waals surface area (Å²) in [4.78, 5) is 32.7. The molecule has 41 heavy (non-hydrogen) atoms. The average molecular weight is 562 g/mol. The summed E-state index contributed by atoms with van der Waals surface area (Å²) in [5.41, 5.74) is 2.70. The highest BCUT2D eigenvalue weighted by atomic mass is 19.1. The van der Waals surface area contributed by atoms with Crippen molar-refractivity contribution in [3.63, 3.8) is 0 Å². The topological polar surface area (TPSA) is 91.0 Å². The second kappa shape index (κ2) is 9.32. The van der Waals surface area contributed by atoms with Crippen molar-refractivity contribution in [3.8, 4) is 11.3 Å². The second-order valence-electron chi connectivity index (χ2n) is 11.1. The fraction of sp³-hybridized carbons (Fsp3) is 0.333. The molecule has 1 N–H and O–H groups in total. The largest absolute Gasteiger partial charge is 0.481 e. The summed E-state index contributed by atoms with van der Waals surface area (Å²) in [6.45, 7) is 1.93. The zero-order chi connectivity index (χ0) is 28.6. The van der Waals surface area contributed by atoms with Gasteiger partial charge in [-0.2, -0.15) is 9.61 Å². The molecule has 1 aliphatic carbocycles. The van der Waals surface area contributed by atoms with Crippen LogP contribution in [0.1, 0.15) is 58.7 Å². The average Bonchev–Trinajstić information content (AvgIpc) is 3.64. The second-order valence-corrected chi connectivity index (χ2v) is 11.1. The Labute approximate surface area is 233 Å². The van der Waals surface area contributed by atoms with Gasteiger partial charge in [0.15, 0.2) is 5.65 Å². The zero-order valence-corrected chi connectivity index (χ0v) is 22.0. The minimum Gasteiger partial charge on any atom is -0.481 e. The van der Waals surface area contributed by atoms with Gasteiger partial charge in [0.1, 0.15) is 29.7 Å². The Hall–Kier alpha value is -4.41. The number of amides is 1. The Morgan fingerprint density at radius 3 is 2.44 bits per heavy atom. The Morgan fingerprint density at radius 1 is 1.00 bits per heavy atom. The third-order valence-corrected chi connectivity index (χ3v) is 8.46. The Morgan fingerprint density at radius 2 is 1.76 bits per heavy atom. The Balaban J connectivity index is 1.26. The van der Waals surface area contributed by atoms with Gasteiger partial charge >= 0.3 is 5.97 Å². The fourth-order valence-electron chi connectivity index (χ4n) is 6.02. The van der Waals surface area contributed by atoms with E-state index in [4.69, 9.17) is 0 Å². The van der Waals surface area contributed by atoms with Crippen molar-refractivity contribution in [1.82, 2.24) is 19.5 Å². The summed E-state index contributed by atoms with van der Waals surface area (Å²) >= 11 is 0. The number of hydrogen-bond acceptors (Lipinski definition) is 5. The predicted octanol–water partition coefficient (Wildman–Crippen LogP) is 5.11. The van der Waals surface area contributed by atoms with Crippen molar-refractivity contribution in [2.75, 3.05) is 24.5 Å². The molecule has 1 saturated heterocycles. The van der Waals surface area contributed by atoms with Crippen LogP contribution in [0.3, 0.4) is 0 Å². The number of hydrogen-bond donors (Lipinski definition) is 1. The molecule has 3 aliphatic rings. The highest BCUT2D eigenvalue weighted by molar-refractivity contribution is 5.94. The van der Waals surface area contributed by atoms with Gasteiger partial charge in [-0.15, -0.1) is 0 Å². The maximum atomic E-state index is 15.2. The first-order valence-corrected chi connectivity index (χ1v) is 13.6. The van der Waals surface area contributed by atoms with E-state index in [1.165, 1.54) is 21.5 Å². The van der Waals surface area contributed by atoms with Gasteiger partial charge in [0, 0.05) is 17.7 Å². The Bertz CT molecular complexity index is 1720. The van der Waals surface area contributed by atoms with Crippen LogP contribution >= 0.6 is 0 Å². The summed E-state index contributed by atoms with van der Waals surface area (Å²) < 4.78 is 45.6. The molecule has 4 atom stereocenters. The summed E-state index contributed by atoms with van der Waals surface area (Å²) in [6.07, 6.45) is -1.89. The molecular weight excluding hydrogens is 535 g/mol. The molecule has 4 heterocycles. The van der Waals surface area contributed by atoms with Crippen LogP contribution in [0.25, 0.3) is 16.9 Å². The molecule has 1 unspecified atom stereocenters. The van der Waals surface area contributed by atoms with Gasteiger partial charge in [-0.25, -0.2) is 18.2 Å². The van der Waals surface area contributed by atoms with Gasteiger partial charge in [0.05, 0.1) is 37.3 Å². The zero-order valence-electron chi connectivity index (χ0n) is 22.0. The number of carbonyl (C=O) groups excluding carboxylic acids is 1. The van der Waals surface area contributed by atoms with Crippen LogP contribution in [0.4, 0.5) is 19.0 Å². The normalized spacial score (nSPS) is 23.8. The molecule has 0 spiro atoms. The standard InChI is InChI=1S/C30H26F3N5O3/c1-15-18-4-2-3-5-19(18)24(33)14-37(15)29(39)26-11-28(36-12-17(31)13-36)38-27(34-26)10-25(35-38)20-7-6-16(8-23(20)32)21-9-22(21)30(40)41/h2-8,10-11,15,17,21-22,24H,9,12-14H2,1H3,(H,40,41)/t15-,21-,22+,24?/m1/s1. The molecule has 2 aliphatic heterocycles. The van der Waals surface area contributed by atoms with Crippen molar-refractivity contribution in [2.45, 2.75) is 37.6 Å². The number of fused-ring (bicyclic) bond motifs is 2. The number of carboxylic acid groups (broad SMARTS) is 1. The van der Waals surface area contributed by atoms with Crippen LogP contribution < -0.4 is 4.90 Å². The predicted molar refractivity (Wildman–Crippen MR) is 144 cm³/mol. The number of carboxylic acids is 1. The lowest BCUT2D eigenvalue weighted by Gasteiger charge is -2.38. The third-order valence-electron chi connectivity index (χ3n) is 8.46. The SMILES string of the molecule is C[C@@H]1c2ccccc2C(F)CN1C(=O)c1cc(N2CC(F)C2)n2nc(-c3ccc([C@H]4C[C@@H]4C(=O)O)cc3F)cc2n1. The Kier molecular flexibility index (Phi) is 5.81. The lowest BCUT2D eigenvalue weighted by molar-refractivity contribution is -0.138. The van der Waals surface area contributed by atoms with Crippen LogP contribution in [0, 0.1) is 11.7 Å². The van der Waals surface area contributed by atoms with Gasteiger partial charge in [-0.1, -0.05) is 30.3 Å². The van der Waals surface area contributed by atoms with Gasteiger partial charge in [0.25, 0.3) is 5.91 Å². The lowest BCUT2D eigenvalue weighted by Crippen LogP contribution is -2.49. The van der Waals surface area contributed by atoms with Crippen LogP contribution in [0.15, 0.2) is 54.6 Å². The highest BCUT2D eigenvalue weighted by Gasteiger charge is 2.44. The molecule has 2 fully saturated rings. The van der Waals surface area contributed by atoms with Crippen molar-refractivity contribution in [3.05, 3.63) is 82.8 Å². The summed E-state index contributed by atoms with van der Waals surface area (Å²) in [5.74, 6) is -2.20. The molecule has 1 amide bonds. The minimum absolute atomic E-state index is 0.0592. The number of aliphatic carboxylic acids is 1. The summed E-state index contributed by atoms with van der Waals surface area (Å²) in [5, 5.41) is 13.8. The van der Waals surface area contributed by atoms with E-state index >= 15 is 8.78 Å². The van der Waals surface area contributed by atoms with Crippen molar-refractivity contribution >= 4 is 23.3 Å². The number of alkyl halides is 2. The minimum atomic E-state index is -1.34. The van der Waals surface area contributed by atoms with Gasteiger partial charge in [-0.3, -0.25) is 9.59 Å². The molecule has 7 rings (SSSR count). The van der Waals surface area contributed by atoms with E-state index in [1.807, 2.05) is 19.1 Å². The van der Waals surface area contributed by atoms with Crippen molar-refractivity contribution < 1.29 is 27.9 Å². The van der Waals surface area contributed by atoms with E-state index in [0.29, 0.717) is 23.4 Å². The molecule has 2 aromatic carbocycles. The van der Waals surface area contributed by atoms with E-state index in [1.54, 1.807) is 35.2 Å². The number of rotatable bonds is 5. The van der Waals surface area contributed by atoms with Gasteiger partial charge in [-0.05, 0) is 48.1 Å². The number of benzene rings is 2. The van der Waals surface area contributed by atoms with E-state index in [9.17, 15) is 19.1 Å². The molecule has 2 aromatic heterocycles. The van der Waals surface area contributed by atoms with E-state index < -0.39 is 36.0 Å². The maximum absolute atomic E-state index is 15.2. The van der Waals surface area contributed by atoms with Crippen LogP contribution in [0.5, 0.6) is 0 Å². The molecule has 4 aromatic rings. The van der Waals surface area contributed by atoms with E-state index in [0.717, 1.165) is 5.56 Å². The van der Waals surface area contributed by atoms with Crippen LogP contribution in [-0.4, -0.2) is 62.3 Å². The monoisotopic (exact) mass is 561 g/mol. The fourth-order valence-corrected chi connectivity index (χ4v) is 6.02. The molecule has 0 bridgehead atoms. The number of nitrogens with zero attached hydrogens (tertiary/aromatic N) is 5. The first kappa shape index (κ1) is 25.6. The van der Waals surface area contributed by atoms with E-state index in [2.05, 4.69) is 10.1 Å². The van der Waals surface area contributed by atoms with E-state index in [-0.39, 0.29) is 54.2 Å². The molecular formula is C30H26F3N5O3. The van der Waals surface area contributed by atoms with Crippen LogP contribution in [-0.2, 0) is 4.79 Å². The molecule has 1 saturated carbocycles. The van der Waals surface area contributed by atoms with Crippen LogP contribution in [0.2, 0.25) is 0 Å². The lowest BCUT2D eigenvalue weighted by atomic mass is 9.92. The third kappa shape index (κ3) is 4.22. The smallest absolute Gasteiger partial charge is 0.307 e. The number of anilines is 1. The van der Waals surface area contributed by atoms with Crippen molar-refractivity contribution in [2.24, 2.45) is 5.92 Å².